The highest BCUT2D eigenvalue weighted by molar-refractivity contribution is 5.71. The summed E-state index contributed by atoms with van der Waals surface area (Å²) in [5, 5.41) is 0. The number of unbranched alkanes of at least 4 members (excludes halogenated alkanes) is 2. The fourth-order valence-corrected chi connectivity index (χ4v) is 4.67. The van der Waals surface area contributed by atoms with Crippen LogP contribution in [0.3, 0.4) is 0 Å². The Bertz CT molecular complexity index is 1220. The Balaban J connectivity index is 1.43. The number of halogens is 5. The molecule has 0 bridgehead atoms. The highest BCUT2D eigenvalue weighted by Gasteiger charge is 2.38. The predicted octanol–water partition coefficient (Wildman–Crippen LogP) is 8.64. The van der Waals surface area contributed by atoms with E-state index in [4.69, 9.17) is 14.2 Å². The van der Waals surface area contributed by atoms with E-state index in [1.807, 2.05) is 0 Å². The van der Waals surface area contributed by atoms with Crippen molar-refractivity contribution >= 4 is 0 Å². The van der Waals surface area contributed by atoms with Crippen molar-refractivity contribution in [2.24, 2.45) is 0 Å². The highest BCUT2D eigenvalue weighted by Crippen LogP contribution is 2.37. The van der Waals surface area contributed by atoms with Crippen molar-refractivity contribution in [2.45, 2.75) is 63.8 Å². The van der Waals surface area contributed by atoms with Gasteiger partial charge in [-0.25, -0.2) is 8.78 Å². The number of methoxy groups -OCH3 is 1. The van der Waals surface area contributed by atoms with Gasteiger partial charge < -0.3 is 14.2 Å². The first kappa shape index (κ1) is 28.0. The van der Waals surface area contributed by atoms with Gasteiger partial charge in [-0.2, -0.15) is 13.2 Å². The number of ether oxygens (including phenoxy) is 3. The second kappa shape index (κ2) is 12.3. The molecule has 1 heterocycles. The van der Waals surface area contributed by atoms with Crippen LogP contribution in [0.25, 0.3) is 22.3 Å². The first-order valence-electron chi connectivity index (χ1n) is 12.8. The molecule has 0 aliphatic carbocycles. The number of hydrogen-bond donors (Lipinski definition) is 0. The van der Waals surface area contributed by atoms with Gasteiger partial charge in [0.1, 0.15) is 5.82 Å². The molecule has 0 radical (unpaired) electrons. The van der Waals surface area contributed by atoms with Crippen LogP contribution in [-0.4, -0.2) is 25.9 Å². The zero-order valence-electron chi connectivity index (χ0n) is 21.4. The van der Waals surface area contributed by atoms with Crippen molar-refractivity contribution < 1.29 is 36.2 Å². The van der Waals surface area contributed by atoms with Gasteiger partial charge in [-0.05, 0) is 54.7 Å². The summed E-state index contributed by atoms with van der Waals surface area (Å²) >= 11 is 0. The van der Waals surface area contributed by atoms with E-state index in [1.165, 1.54) is 49.6 Å². The molecule has 1 fully saturated rings. The fourth-order valence-electron chi connectivity index (χ4n) is 4.67. The normalized spacial score (nSPS) is 18.0. The van der Waals surface area contributed by atoms with Gasteiger partial charge >= 0.3 is 6.11 Å². The zero-order chi connectivity index (χ0) is 27.3. The molecule has 3 nitrogen and oxygen atoms in total. The van der Waals surface area contributed by atoms with Gasteiger partial charge in [0, 0.05) is 11.1 Å². The fraction of sp³-hybridized carbons (Fsp3) is 0.400. The molecule has 0 amide bonds. The van der Waals surface area contributed by atoms with E-state index >= 15 is 0 Å². The summed E-state index contributed by atoms with van der Waals surface area (Å²) in [6.07, 6.45) is 0.913. The Morgan fingerprint density at radius 2 is 1.55 bits per heavy atom. The number of alkyl halides is 2. The molecule has 0 saturated carbocycles. The minimum absolute atomic E-state index is 0.0152. The Labute approximate surface area is 219 Å². The lowest BCUT2D eigenvalue weighted by atomic mass is 9.98. The van der Waals surface area contributed by atoms with Crippen LogP contribution in [0.1, 0.15) is 51.0 Å². The van der Waals surface area contributed by atoms with E-state index < -0.39 is 35.2 Å². The van der Waals surface area contributed by atoms with Gasteiger partial charge in [0.25, 0.3) is 0 Å². The molecular formula is C30H31F5O3. The molecule has 38 heavy (non-hydrogen) atoms. The summed E-state index contributed by atoms with van der Waals surface area (Å²) in [6, 6.07) is 11.9. The lowest BCUT2D eigenvalue weighted by Gasteiger charge is -2.31. The molecule has 0 spiro atoms. The minimum Gasteiger partial charge on any atom is -0.494 e. The van der Waals surface area contributed by atoms with E-state index in [0.29, 0.717) is 24.0 Å². The highest BCUT2D eigenvalue weighted by atomic mass is 19.3. The molecule has 0 N–H and O–H groups in total. The van der Waals surface area contributed by atoms with Crippen molar-refractivity contribution in [2.75, 3.05) is 13.7 Å². The van der Waals surface area contributed by atoms with Crippen LogP contribution >= 0.6 is 0 Å². The van der Waals surface area contributed by atoms with E-state index in [1.54, 1.807) is 0 Å². The standard InChI is InChI=1S/C30H31F5O3/c1-3-4-5-6-22-12-13-23(18-37-22)38-30(34,35)21-11-14-24(26(31)17-21)19-7-9-20(10-8-19)25-15-16-27(36-2)29(33)28(25)32/h7-11,14-17,22-23H,3-6,12-13,18H2,1-2H3. The Hall–Kier alpha value is -2.97. The first-order chi connectivity index (χ1) is 18.2. The van der Waals surface area contributed by atoms with Crippen LogP contribution in [0.4, 0.5) is 22.0 Å². The molecule has 3 aromatic carbocycles. The van der Waals surface area contributed by atoms with Gasteiger partial charge in [0.2, 0.25) is 5.82 Å². The molecule has 1 saturated heterocycles. The lowest BCUT2D eigenvalue weighted by molar-refractivity contribution is -0.288. The third-order valence-electron chi connectivity index (χ3n) is 6.85. The minimum atomic E-state index is -3.68. The summed E-state index contributed by atoms with van der Waals surface area (Å²) in [4.78, 5) is 0. The van der Waals surface area contributed by atoms with Gasteiger partial charge in [-0.3, -0.25) is 0 Å². The first-order valence-corrected chi connectivity index (χ1v) is 12.8. The SMILES string of the molecule is CCCCCC1CCC(OC(F)(F)c2ccc(-c3ccc(-c4ccc(OC)c(F)c4F)cc3)c(F)c2)CO1. The van der Waals surface area contributed by atoms with Crippen molar-refractivity contribution in [3.05, 3.63) is 77.6 Å². The Morgan fingerprint density at radius 3 is 2.16 bits per heavy atom. The summed E-state index contributed by atoms with van der Waals surface area (Å²) in [6.45, 7) is 2.20. The van der Waals surface area contributed by atoms with Crippen molar-refractivity contribution in [1.29, 1.82) is 0 Å². The Morgan fingerprint density at radius 1 is 0.868 bits per heavy atom. The van der Waals surface area contributed by atoms with Crippen LogP contribution in [0.15, 0.2) is 54.6 Å². The summed E-state index contributed by atoms with van der Waals surface area (Å²) in [5.74, 6) is -3.24. The van der Waals surface area contributed by atoms with Gasteiger partial charge in [0.15, 0.2) is 11.6 Å². The van der Waals surface area contributed by atoms with Crippen LogP contribution in [0.5, 0.6) is 5.75 Å². The van der Waals surface area contributed by atoms with Crippen LogP contribution in [0, 0.1) is 17.5 Å². The molecule has 1 aliphatic heterocycles. The van der Waals surface area contributed by atoms with Crippen LogP contribution in [-0.2, 0) is 15.6 Å². The van der Waals surface area contributed by atoms with Gasteiger partial charge in [-0.15, -0.1) is 0 Å². The topological polar surface area (TPSA) is 27.7 Å². The Kier molecular flexibility index (Phi) is 9.05. The molecule has 2 atom stereocenters. The van der Waals surface area contributed by atoms with E-state index in [0.717, 1.165) is 37.8 Å². The zero-order valence-corrected chi connectivity index (χ0v) is 21.4. The monoisotopic (exact) mass is 534 g/mol. The molecule has 8 heteroatoms. The molecule has 3 aromatic rings. The van der Waals surface area contributed by atoms with E-state index in [9.17, 15) is 22.0 Å². The number of benzene rings is 3. The van der Waals surface area contributed by atoms with Crippen molar-refractivity contribution in [3.63, 3.8) is 0 Å². The molecule has 4 rings (SSSR count). The molecule has 204 valence electrons. The summed E-state index contributed by atoms with van der Waals surface area (Å²) < 4.78 is 88.6. The predicted molar refractivity (Wildman–Crippen MR) is 136 cm³/mol. The number of rotatable bonds is 10. The maximum Gasteiger partial charge on any atom is 0.383 e. The van der Waals surface area contributed by atoms with E-state index in [-0.39, 0.29) is 29.6 Å². The second-order valence-corrected chi connectivity index (χ2v) is 9.50. The average Bonchev–Trinajstić information content (AvgIpc) is 2.91. The average molecular weight is 535 g/mol. The summed E-state index contributed by atoms with van der Waals surface area (Å²) in [5.41, 5.74) is 0.282. The molecule has 1 aliphatic rings. The van der Waals surface area contributed by atoms with Crippen molar-refractivity contribution in [3.8, 4) is 28.0 Å². The molecular weight excluding hydrogens is 503 g/mol. The van der Waals surface area contributed by atoms with Crippen LogP contribution < -0.4 is 4.74 Å². The molecule has 0 aromatic heterocycles. The smallest absolute Gasteiger partial charge is 0.383 e. The third kappa shape index (κ3) is 6.35. The lowest BCUT2D eigenvalue weighted by Crippen LogP contribution is -2.35. The number of hydrogen-bond acceptors (Lipinski definition) is 3. The van der Waals surface area contributed by atoms with Gasteiger partial charge in [0.05, 0.1) is 31.5 Å². The van der Waals surface area contributed by atoms with Crippen LogP contribution in [0.2, 0.25) is 0 Å². The van der Waals surface area contributed by atoms with Crippen molar-refractivity contribution in [1.82, 2.24) is 0 Å². The van der Waals surface area contributed by atoms with Gasteiger partial charge in [-0.1, -0.05) is 56.5 Å². The largest absolute Gasteiger partial charge is 0.494 e. The summed E-state index contributed by atoms with van der Waals surface area (Å²) in [7, 11) is 1.24. The quantitative estimate of drug-likeness (QED) is 0.192. The maximum atomic E-state index is 14.9. The maximum absolute atomic E-state index is 14.9. The van der Waals surface area contributed by atoms with E-state index in [2.05, 4.69) is 6.92 Å². The second-order valence-electron chi connectivity index (χ2n) is 9.50. The third-order valence-corrected chi connectivity index (χ3v) is 6.85. The molecule has 2 unspecified atom stereocenters.